The first-order valence-electron chi connectivity index (χ1n) is 30.2. The summed E-state index contributed by atoms with van der Waals surface area (Å²) in [5, 5.41) is 3.82. The monoisotopic (exact) mass is 936 g/mol. The quantitative estimate of drug-likeness (QED) is 0.142. The van der Waals surface area contributed by atoms with Gasteiger partial charge in [-0.05, 0) is 284 Å². The molecule has 3 nitrogen and oxygen atoms in total. The number of nitrogens with one attached hydrogen (secondary N) is 1. The minimum absolute atomic E-state index is 0.325. The molecular weight excluding hydrogens is 835 g/mol. The van der Waals surface area contributed by atoms with Gasteiger partial charge in [-0.1, -0.05) is 100 Å². The Morgan fingerprint density at radius 1 is 0.464 bits per heavy atom. The zero-order valence-corrected chi connectivity index (χ0v) is 45.1. The Bertz CT molecular complexity index is 2020. The number of hydrogen-bond donors (Lipinski definition) is 3. The van der Waals surface area contributed by atoms with Crippen molar-refractivity contribution in [2.24, 2.45) is 76.6 Å². The van der Waals surface area contributed by atoms with Crippen molar-refractivity contribution in [1.29, 1.82) is 0 Å². The molecule has 3 heteroatoms. The van der Waals surface area contributed by atoms with Crippen molar-refractivity contribution in [3.8, 4) is 11.1 Å². The summed E-state index contributed by atoms with van der Waals surface area (Å²) in [6.45, 7) is 15.1. The van der Waals surface area contributed by atoms with E-state index in [4.69, 9.17) is 11.5 Å². The van der Waals surface area contributed by atoms with Crippen LogP contribution in [-0.2, 0) is 0 Å². The van der Waals surface area contributed by atoms with Crippen LogP contribution in [0.5, 0.6) is 0 Å². The molecule has 5 N–H and O–H groups in total. The van der Waals surface area contributed by atoms with Gasteiger partial charge in [0.2, 0.25) is 0 Å². The van der Waals surface area contributed by atoms with Gasteiger partial charge in [-0.3, -0.25) is 0 Å². The summed E-state index contributed by atoms with van der Waals surface area (Å²) in [7, 11) is 0. The van der Waals surface area contributed by atoms with Gasteiger partial charge in [0.1, 0.15) is 0 Å². The Morgan fingerprint density at radius 3 is 1.38 bits per heavy atom. The van der Waals surface area contributed by atoms with Crippen molar-refractivity contribution >= 4 is 5.69 Å². The zero-order valence-electron chi connectivity index (χ0n) is 45.1. The fourth-order valence-electron chi connectivity index (χ4n) is 17.1. The molecule has 6 aliphatic rings. The molecule has 0 aliphatic heterocycles. The second-order valence-corrected chi connectivity index (χ2v) is 25.5. The first-order valence-corrected chi connectivity index (χ1v) is 30.2. The molecule has 0 radical (unpaired) electrons. The molecule has 9 rings (SSSR count). The van der Waals surface area contributed by atoms with Gasteiger partial charge in [-0.15, -0.1) is 0 Å². The van der Waals surface area contributed by atoms with Crippen LogP contribution in [0.3, 0.4) is 0 Å². The van der Waals surface area contributed by atoms with Crippen LogP contribution >= 0.6 is 0 Å². The van der Waals surface area contributed by atoms with Crippen molar-refractivity contribution < 1.29 is 0 Å². The standard InChI is InChI=1S/C66H101N3/c1-7-38-69-56-33-37-58(64(42-56)61-39-45(6)14-34-57(61)52-27-23-49(24-28-52)47-17-12-44(5)13-18-47)53-29-25-51(26-30-53)55-32-36-60(66(68)9-3)63(41-55)62-40-54(31-35-59(62)65(67)8-2)50-21-19-48(20-22-50)46-15-10-43(4)11-16-46/h10-11,14-16,33-34,37,39,42,44,47-55,59-60,62-63,65-66,69H,7-9,12-13,17-32,35-36,38,40-41,67-68H2,1-6H3. The fraction of sp³-hybridized carbons (Fsp3) is 0.727. The Balaban J connectivity index is 0.901. The average molecular weight is 937 g/mol. The summed E-state index contributed by atoms with van der Waals surface area (Å²) in [5.41, 5.74) is 26.5. The van der Waals surface area contributed by atoms with Crippen molar-refractivity contribution in [2.75, 3.05) is 11.9 Å². The molecule has 0 saturated heterocycles. The van der Waals surface area contributed by atoms with E-state index in [1.807, 2.05) is 0 Å². The molecule has 8 atom stereocenters. The van der Waals surface area contributed by atoms with E-state index in [1.165, 1.54) is 158 Å². The smallest absolute Gasteiger partial charge is 0.0346 e. The van der Waals surface area contributed by atoms with Crippen molar-refractivity contribution in [3.63, 3.8) is 0 Å². The molecule has 69 heavy (non-hydrogen) atoms. The van der Waals surface area contributed by atoms with E-state index in [-0.39, 0.29) is 0 Å². The normalized spacial score (nSPS) is 35.5. The minimum Gasteiger partial charge on any atom is -0.385 e. The first-order chi connectivity index (χ1) is 33.6. The van der Waals surface area contributed by atoms with Crippen LogP contribution in [0.1, 0.15) is 234 Å². The number of rotatable bonds is 15. The summed E-state index contributed by atoms with van der Waals surface area (Å²) in [5.74, 6) is 11.2. The van der Waals surface area contributed by atoms with Gasteiger partial charge >= 0.3 is 0 Å². The molecule has 6 aliphatic carbocycles. The van der Waals surface area contributed by atoms with Crippen LogP contribution in [0.2, 0.25) is 0 Å². The highest BCUT2D eigenvalue weighted by atomic mass is 14.9. The van der Waals surface area contributed by atoms with Crippen LogP contribution in [0, 0.1) is 78.9 Å². The molecular formula is C66H101N3. The largest absolute Gasteiger partial charge is 0.385 e. The van der Waals surface area contributed by atoms with Crippen LogP contribution in [0.4, 0.5) is 5.69 Å². The topological polar surface area (TPSA) is 64.1 Å². The number of hydrogen-bond acceptors (Lipinski definition) is 3. The highest BCUT2D eigenvalue weighted by molar-refractivity contribution is 5.76. The molecule has 6 fully saturated rings. The van der Waals surface area contributed by atoms with Crippen molar-refractivity contribution in [2.45, 2.75) is 232 Å². The molecule has 0 spiro atoms. The maximum Gasteiger partial charge on any atom is 0.0346 e. The second kappa shape index (κ2) is 23.9. The fourth-order valence-corrected chi connectivity index (χ4v) is 17.1. The Labute approximate surface area is 423 Å². The minimum atomic E-state index is 0.325. The predicted octanol–water partition coefficient (Wildman–Crippen LogP) is 17.7. The van der Waals surface area contributed by atoms with Gasteiger partial charge in [0.25, 0.3) is 0 Å². The van der Waals surface area contributed by atoms with E-state index in [9.17, 15) is 0 Å². The van der Waals surface area contributed by atoms with E-state index in [0.717, 1.165) is 85.0 Å². The molecule has 0 amide bonds. The molecule has 3 aromatic rings. The third-order valence-electron chi connectivity index (χ3n) is 21.5. The number of aryl methyl sites for hydroxylation is 2. The Hall–Kier alpha value is -2.62. The maximum atomic E-state index is 7.23. The molecule has 6 saturated carbocycles. The van der Waals surface area contributed by atoms with Crippen LogP contribution in [-0.4, -0.2) is 18.6 Å². The van der Waals surface area contributed by atoms with Gasteiger partial charge < -0.3 is 16.8 Å². The number of anilines is 1. The SMILES string of the molecule is CCCNc1ccc(C2CCC(C3CCC(C(N)CC)C(C4CC(C5CCC(c6ccc(C)cc6)CC5)CCC4C(N)CC)C3)CC2)c(-c2cc(C)ccc2C2CCC(C3CCC(C)CC3)CC2)c1. The summed E-state index contributed by atoms with van der Waals surface area (Å²) >= 11 is 0. The highest BCUT2D eigenvalue weighted by Crippen LogP contribution is 2.56. The summed E-state index contributed by atoms with van der Waals surface area (Å²) in [6.07, 6.45) is 34.2. The lowest BCUT2D eigenvalue weighted by molar-refractivity contribution is -0.00766. The second-order valence-electron chi connectivity index (χ2n) is 25.5. The summed E-state index contributed by atoms with van der Waals surface area (Å²) in [6, 6.07) is 25.3. The molecule has 380 valence electrons. The van der Waals surface area contributed by atoms with Gasteiger partial charge in [0.05, 0.1) is 0 Å². The van der Waals surface area contributed by atoms with E-state index in [1.54, 1.807) is 27.8 Å². The molecule has 0 bridgehead atoms. The lowest BCUT2D eigenvalue weighted by Gasteiger charge is -2.52. The maximum absolute atomic E-state index is 7.23. The molecule has 0 heterocycles. The van der Waals surface area contributed by atoms with E-state index >= 15 is 0 Å². The zero-order chi connectivity index (χ0) is 48.0. The number of benzene rings is 3. The highest BCUT2D eigenvalue weighted by Gasteiger charge is 2.47. The van der Waals surface area contributed by atoms with E-state index < -0.39 is 0 Å². The summed E-state index contributed by atoms with van der Waals surface area (Å²) in [4.78, 5) is 0. The lowest BCUT2D eigenvalue weighted by atomic mass is 9.54. The van der Waals surface area contributed by atoms with Crippen molar-refractivity contribution in [3.05, 3.63) is 88.5 Å². The van der Waals surface area contributed by atoms with E-state index in [2.05, 4.69) is 108 Å². The van der Waals surface area contributed by atoms with Gasteiger partial charge in [-0.2, -0.15) is 0 Å². The lowest BCUT2D eigenvalue weighted by Crippen LogP contribution is -2.49. The van der Waals surface area contributed by atoms with Crippen LogP contribution in [0.25, 0.3) is 11.1 Å². The average Bonchev–Trinajstić information content (AvgIpc) is 3.40. The molecule has 8 unspecified atom stereocenters. The van der Waals surface area contributed by atoms with Gasteiger partial charge in [0, 0.05) is 24.3 Å². The Kier molecular flexibility index (Phi) is 17.8. The summed E-state index contributed by atoms with van der Waals surface area (Å²) < 4.78 is 0. The molecule has 0 aromatic heterocycles. The third kappa shape index (κ3) is 12.1. The third-order valence-corrected chi connectivity index (χ3v) is 21.5. The Morgan fingerprint density at radius 2 is 0.884 bits per heavy atom. The van der Waals surface area contributed by atoms with Gasteiger partial charge in [0.15, 0.2) is 0 Å². The van der Waals surface area contributed by atoms with E-state index in [0.29, 0.717) is 35.8 Å². The first kappa shape index (κ1) is 51.3. The van der Waals surface area contributed by atoms with Gasteiger partial charge in [-0.25, -0.2) is 0 Å². The molecule has 3 aromatic carbocycles. The number of nitrogens with two attached hydrogens (primary N) is 2. The predicted molar refractivity (Wildman–Crippen MR) is 297 cm³/mol. The van der Waals surface area contributed by atoms with Crippen molar-refractivity contribution in [1.82, 2.24) is 0 Å². The van der Waals surface area contributed by atoms with Crippen LogP contribution < -0.4 is 16.8 Å². The van der Waals surface area contributed by atoms with Crippen LogP contribution in [0.15, 0.2) is 60.7 Å².